The van der Waals surface area contributed by atoms with Crippen molar-refractivity contribution in [1.29, 1.82) is 0 Å². The van der Waals surface area contributed by atoms with E-state index in [1.54, 1.807) is 0 Å². The first-order valence-electron chi connectivity index (χ1n) is 15.6. The van der Waals surface area contributed by atoms with Crippen LogP contribution in [0.3, 0.4) is 0 Å². The Kier molecular flexibility index (Phi) is 8.48. The number of Topliss-reactive ketones (excluding diaryl/α,β-unsaturated/α-hetero) is 1. The Morgan fingerprint density at radius 2 is 1.32 bits per heavy atom. The first kappa shape index (κ1) is 28.0. The topological polar surface area (TPSA) is 39.1 Å². The average Bonchev–Trinajstić information content (AvgIpc) is 3.34. The summed E-state index contributed by atoms with van der Waals surface area (Å²) in [5.74, 6) is 0.314. The van der Waals surface area contributed by atoms with Crippen LogP contribution in [0.4, 0.5) is 0 Å². The van der Waals surface area contributed by atoms with Gasteiger partial charge in [0.2, 0.25) is 5.78 Å². The molecule has 0 amide bonds. The first-order valence-corrected chi connectivity index (χ1v) is 17.0. The van der Waals surface area contributed by atoms with Crippen molar-refractivity contribution in [2.24, 2.45) is 0 Å². The Morgan fingerprint density at radius 3 is 1.88 bits per heavy atom. The third-order valence-electron chi connectivity index (χ3n) is 9.41. The van der Waals surface area contributed by atoms with E-state index in [4.69, 9.17) is 0 Å². The molecule has 0 N–H and O–H groups in total. The lowest BCUT2D eigenvalue weighted by atomic mass is 9.99. The van der Waals surface area contributed by atoms with Crippen molar-refractivity contribution in [2.75, 3.05) is 0 Å². The highest BCUT2D eigenvalue weighted by Crippen LogP contribution is 2.38. The van der Waals surface area contributed by atoms with Crippen LogP contribution < -0.4 is 0 Å². The Balaban J connectivity index is 1.39. The molecule has 2 fully saturated rings. The number of carbonyl (C=O) groups is 2. The molecule has 0 spiro atoms. The quantitative estimate of drug-likeness (QED) is 0.116. The number of nitrogens with zero attached hydrogens (tertiary/aromatic N) is 1. The van der Waals surface area contributed by atoms with Crippen molar-refractivity contribution < 1.29 is 9.59 Å². The lowest BCUT2D eigenvalue weighted by molar-refractivity contribution is 0.0991. The zero-order valence-electron chi connectivity index (χ0n) is 24.3. The summed E-state index contributed by atoms with van der Waals surface area (Å²) in [5.41, 5.74) is 4.30. The fourth-order valence-electron chi connectivity index (χ4n) is 7.36. The summed E-state index contributed by atoms with van der Waals surface area (Å²) < 4.78 is 2.24. The zero-order chi connectivity index (χ0) is 28.3. The van der Waals surface area contributed by atoms with E-state index < -0.39 is 0 Å². The van der Waals surface area contributed by atoms with Gasteiger partial charge in [0.1, 0.15) is 10.5 Å². The fourth-order valence-corrected chi connectivity index (χ4v) is 11.2. The van der Waals surface area contributed by atoms with Crippen molar-refractivity contribution in [3.05, 3.63) is 96.1 Å². The molecular weight excluding hydrogens is 522 g/mol. The molecular formula is C37H42NO2S+. The molecule has 4 heteroatoms. The number of aromatic nitrogens is 1. The van der Waals surface area contributed by atoms with E-state index in [0.29, 0.717) is 34.0 Å². The number of carbonyl (C=O) groups excluding carboxylic acids is 2. The van der Waals surface area contributed by atoms with E-state index in [1.807, 2.05) is 60.7 Å². The summed E-state index contributed by atoms with van der Waals surface area (Å²) in [6.07, 6.45) is 15.1. The first-order chi connectivity index (χ1) is 20.1. The van der Waals surface area contributed by atoms with Gasteiger partial charge in [-0.25, -0.2) is 0 Å². The second-order valence-electron chi connectivity index (χ2n) is 12.0. The Labute approximate surface area is 247 Å². The second kappa shape index (κ2) is 12.4. The Bertz CT molecular complexity index is 1540. The molecule has 0 saturated heterocycles. The van der Waals surface area contributed by atoms with Crippen molar-refractivity contribution in [2.45, 2.75) is 93.4 Å². The number of fused-ring (bicyclic) bond motifs is 3. The number of allylic oxidation sites excluding steroid dienone is 1. The van der Waals surface area contributed by atoms with E-state index in [1.165, 1.54) is 64.2 Å². The maximum Gasteiger partial charge on any atom is 0.214 e. The minimum Gasteiger partial charge on any atom is -0.337 e. The molecule has 2 aliphatic rings. The van der Waals surface area contributed by atoms with Gasteiger partial charge in [-0.3, -0.25) is 9.59 Å². The van der Waals surface area contributed by atoms with E-state index in [0.717, 1.165) is 27.4 Å². The molecule has 1 heterocycles. The van der Waals surface area contributed by atoms with Crippen LogP contribution in [0.2, 0.25) is 0 Å². The lowest BCUT2D eigenvalue weighted by Crippen LogP contribution is -2.44. The molecule has 0 bridgehead atoms. The number of rotatable bonds is 9. The maximum absolute atomic E-state index is 14.3. The Hall–Kier alpha value is -3.11. The number of hydrogen-bond donors (Lipinski definition) is 0. The summed E-state index contributed by atoms with van der Waals surface area (Å²) in [6, 6.07) is 21.7. The summed E-state index contributed by atoms with van der Waals surface area (Å²) in [5, 5.41) is 3.52. The van der Waals surface area contributed by atoms with Crippen molar-refractivity contribution in [3.8, 4) is 0 Å². The van der Waals surface area contributed by atoms with Crippen LogP contribution in [0.5, 0.6) is 0 Å². The minimum absolute atomic E-state index is 0.0157. The molecule has 1 aromatic heterocycles. The van der Waals surface area contributed by atoms with Crippen LogP contribution in [-0.4, -0.2) is 31.9 Å². The SMILES string of the molecule is C=CCn1c2ccc(C(=O)c3ccccc3)cc2c2cc(C(=O)C(C)[S+](C3CCCCC3)C3CCCCC3)ccc21. The van der Waals surface area contributed by atoms with Gasteiger partial charge in [-0.05, 0) is 94.7 Å². The van der Waals surface area contributed by atoms with Gasteiger partial charge in [-0.1, -0.05) is 49.2 Å². The van der Waals surface area contributed by atoms with Crippen LogP contribution in [-0.2, 0) is 17.4 Å². The molecule has 2 saturated carbocycles. The molecule has 6 rings (SSSR count). The van der Waals surface area contributed by atoms with Gasteiger partial charge < -0.3 is 4.57 Å². The van der Waals surface area contributed by atoms with Gasteiger partial charge in [-0.2, -0.15) is 0 Å². The minimum atomic E-state index is 0.0157. The summed E-state index contributed by atoms with van der Waals surface area (Å²) in [6.45, 7) is 6.89. The van der Waals surface area contributed by atoms with E-state index in [-0.39, 0.29) is 21.9 Å². The van der Waals surface area contributed by atoms with E-state index in [2.05, 4.69) is 30.2 Å². The molecule has 3 aromatic carbocycles. The molecule has 0 aliphatic heterocycles. The standard InChI is InChI=1S/C37H42NO2S/c1-3-23-38-34-21-19-28(36(39)26(2)41(30-15-9-5-10-16-30)31-17-11-6-12-18-31)24-32(34)33-25-29(20-22-35(33)38)37(40)27-13-7-4-8-14-27/h3-4,7-8,13-14,19-22,24-26,30-31H,1,5-6,9-12,15-18,23H2,2H3/q+1. The smallest absolute Gasteiger partial charge is 0.214 e. The summed E-state index contributed by atoms with van der Waals surface area (Å²) in [7, 11) is 0.125. The van der Waals surface area contributed by atoms with Crippen molar-refractivity contribution in [1.82, 2.24) is 4.57 Å². The summed E-state index contributed by atoms with van der Waals surface area (Å²) >= 11 is 0. The predicted molar refractivity (Wildman–Crippen MR) is 174 cm³/mol. The highest BCUT2D eigenvalue weighted by Gasteiger charge is 2.46. The van der Waals surface area contributed by atoms with Gasteiger partial charge in [0.15, 0.2) is 11.0 Å². The van der Waals surface area contributed by atoms with Crippen LogP contribution in [0, 0.1) is 0 Å². The lowest BCUT2D eigenvalue weighted by Gasteiger charge is -2.33. The van der Waals surface area contributed by atoms with Gasteiger partial charge in [0.25, 0.3) is 0 Å². The Morgan fingerprint density at radius 1 is 0.780 bits per heavy atom. The molecule has 1 atom stereocenters. The number of hydrogen-bond acceptors (Lipinski definition) is 2. The second-order valence-corrected chi connectivity index (χ2v) is 14.8. The molecule has 0 radical (unpaired) electrons. The zero-order valence-corrected chi connectivity index (χ0v) is 25.1. The van der Waals surface area contributed by atoms with Gasteiger partial charge in [0, 0.05) is 55.9 Å². The normalized spacial score (nSPS) is 17.7. The molecule has 41 heavy (non-hydrogen) atoms. The molecule has 2 aliphatic carbocycles. The van der Waals surface area contributed by atoms with Crippen LogP contribution in [0.15, 0.2) is 79.4 Å². The number of ketones is 2. The molecule has 212 valence electrons. The monoisotopic (exact) mass is 564 g/mol. The van der Waals surface area contributed by atoms with Gasteiger partial charge >= 0.3 is 0 Å². The average molecular weight is 565 g/mol. The highest BCUT2D eigenvalue weighted by atomic mass is 32.2. The third-order valence-corrected chi connectivity index (χ3v) is 12.9. The molecule has 4 aromatic rings. The molecule has 3 nitrogen and oxygen atoms in total. The van der Waals surface area contributed by atoms with Crippen LogP contribution >= 0.6 is 0 Å². The summed E-state index contributed by atoms with van der Waals surface area (Å²) in [4.78, 5) is 27.6. The predicted octanol–water partition coefficient (Wildman–Crippen LogP) is 9.07. The molecule has 1 unspecified atom stereocenters. The van der Waals surface area contributed by atoms with Gasteiger partial charge in [0.05, 0.1) is 0 Å². The van der Waals surface area contributed by atoms with Gasteiger partial charge in [-0.15, -0.1) is 6.58 Å². The van der Waals surface area contributed by atoms with Crippen LogP contribution in [0.1, 0.15) is 97.4 Å². The number of benzene rings is 3. The van der Waals surface area contributed by atoms with Crippen molar-refractivity contribution >= 4 is 44.3 Å². The van der Waals surface area contributed by atoms with E-state index in [9.17, 15) is 9.59 Å². The highest BCUT2D eigenvalue weighted by molar-refractivity contribution is 7.99. The fraction of sp³-hybridized carbons (Fsp3) is 0.405. The van der Waals surface area contributed by atoms with E-state index >= 15 is 0 Å². The maximum atomic E-state index is 14.3. The third kappa shape index (κ3) is 5.56. The largest absolute Gasteiger partial charge is 0.337 e. The van der Waals surface area contributed by atoms with Crippen LogP contribution in [0.25, 0.3) is 21.8 Å². The van der Waals surface area contributed by atoms with Crippen molar-refractivity contribution in [3.63, 3.8) is 0 Å².